The van der Waals surface area contributed by atoms with E-state index >= 15 is 0 Å². The van der Waals surface area contributed by atoms with Crippen LogP contribution in [0.1, 0.15) is 38.2 Å². The van der Waals surface area contributed by atoms with Crippen LogP contribution in [-0.4, -0.2) is 18.5 Å². The monoisotopic (exact) mass is 364 g/mol. The Kier molecular flexibility index (Phi) is 7.04. The molecule has 3 heteroatoms. The lowest BCUT2D eigenvalue weighted by atomic mass is 10.0. The SMILES string of the molecule is CCCCOc1ccc2c(C)c(OCCCCBr)ccc2c1. The Balaban J connectivity index is 2.09. The molecule has 0 saturated carbocycles. The number of alkyl halides is 1. The minimum absolute atomic E-state index is 0.774. The minimum Gasteiger partial charge on any atom is -0.494 e. The summed E-state index contributed by atoms with van der Waals surface area (Å²) in [5.74, 6) is 1.94. The van der Waals surface area contributed by atoms with Gasteiger partial charge in [-0.2, -0.15) is 0 Å². The molecule has 0 fully saturated rings. The van der Waals surface area contributed by atoms with Crippen molar-refractivity contribution in [2.24, 2.45) is 0 Å². The number of aryl methyl sites for hydroxylation is 1. The fourth-order valence-corrected chi connectivity index (χ4v) is 2.80. The van der Waals surface area contributed by atoms with Crippen LogP contribution in [0.25, 0.3) is 10.8 Å². The fraction of sp³-hybridized carbons (Fsp3) is 0.474. The second-order valence-corrected chi connectivity index (χ2v) is 6.31. The van der Waals surface area contributed by atoms with Crippen molar-refractivity contribution in [3.05, 3.63) is 35.9 Å². The molecule has 0 aliphatic heterocycles. The first kappa shape index (κ1) is 17.1. The Bertz CT molecular complexity index is 595. The van der Waals surface area contributed by atoms with Crippen molar-refractivity contribution in [2.75, 3.05) is 18.5 Å². The van der Waals surface area contributed by atoms with Crippen LogP contribution in [0.15, 0.2) is 30.3 Å². The fourth-order valence-electron chi connectivity index (χ4n) is 2.40. The van der Waals surface area contributed by atoms with Gasteiger partial charge in [0.1, 0.15) is 11.5 Å². The van der Waals surface area contributed by atoms with E-state index in [1.54, 1.807) is 0 Å². The number of ether oxygens (including phenoxy) is 2. The highest BCUT2D eigenvalue weighted by atomic mass is 79.9. The second-order valence-electron chi connectivity index (χ2n) is 5.52. The summed E-state index contributed by atoms with van der Waals surface area (Å²) < 4.78 is 11.7. The summed E-state index contributed by atoms with van der Waals surface area (Å²) >= 11 is 3.44. The standard InChI is InChI=1S/C19H25BrO2/c1-3-4-12-21-17-8-9-18-15(2)19(10-7-16(18)14-17)22-13-6-5-11-20/h7-10,14H,3-6,11-13H2,1-2H3. The lowest BCUT2D eigenvalue weighted by molar-refractivity contribution is 0.308. The van der Waals surface area contributed by atoms with Crippen molar-refractivity contribution < 1.29 is 9.47 Å². The smallest absolute Gasteiger partial charge is 0.122 e. The minimum atomic E-state index is 0.774. The maximum Gasteiger partial charge on any atom is 0.122 e. The zero-order valence-electron chi connectivity index (χ0n) is 13.5. The van der Waals surface area contributed by atoms with Crippen molar-refractivity contribution in [1.29, 1.82) is 0 Å². The molecular weight excluding hydrogens is 340 g/mol. The molecule has 0 radical (unpaired) electrons. The maximum absolute atomic E-state index is 5.90. The number of benzene rings is 2. The van der Waals surface area contributed by atoms with Gasteiger partial charge in [-0.3, -0.25) is 0 Å². The van der Waals surface area contributed by atoms with Crippen LogP contribution in [0.5, 0.6) is 11.5 Å². The third-order valence-corrected chi connectivity index (χ3v) is 4.32. The highest BCUT2D eigenvalue weighted by Gasteiger charge is 2.06. The molecule has 0 unspecified atom stereocenters. The molecule has 22 heavy (non-hydrogen) atoms. The highest BCUT2D eigenvalue weighted by molar-refractivity contribution is 9.09. The number of hydrogen-bond donors (Lipinski definition) is 0. The number of fused-ring (bicyclic) bond motifs is 1. The first-order valence-corrected chi connectivity index (χ1v) is 9.23. The average molecular weight is 365 g/mol. The molecule has 0 spiro atoms. The molecule has 0 amide bonds. The van der Waals surface area contributed by atoms with E-state index in [2.05, 4.69) is 60.1 Å². The number of halogens is 1. The summed E-state index contributed by atoms with van der Waals surface area (Å²) in [6, 6.07) is 10.5. The van der Waals surface area contributed by atoms with Crippen molar-refractivity contribution in [2.45, 2.75) is 39.5 Å². The molecule has 2 aromatic carbocycles. The zero-order valence-corrected chi connectivity index (χ0v) is 15.1. The van der Waals surface area contributed by atoms with E-state index in [9.17, 15) is 0 Å². The summed E-state index contributed by atoms with van der Waals surface area (Å²) in [5.41, 5.74) is 1.21. The van der Waals surface area contributed by atoms with Gasteiger partial charge in [0, 0.05) is 5.33 Å². The summed E-state index contributed by atoms with van der Waals surface area (Å²) in [5, 5.41) is 3.48. The largest absolute Gasteiger partial charge is 0.494 e. The third kappa shape index (κ3) is 4.64. The summed E-state index contributed by atoms with van der Waals surface area (Å²) in [6.07, 6.45) is 4.47. The molecule has 2 nitrogen and oxygen atoms in total. The summed E-state index contributed by atoms with van der Waals surface area (Å²) in [6.45, 7) is 5.86. The van der Waals surface area contributed by atoms with Crippen molar-refractivity contribution in [1.82, 2.24) is 0 Å². The van der Waals surface area contributed by atoms with Gasteiger partial charge < -0.3 is 9.47 Å². The Morgan fingerprint density at radius 3 is 2.55 bits per heavy atom. The van der Waals surface area contributed by atoms with Gasteiger partial charge in [0.05, 0.1) is 13.2 Å². The normalized spacial score (nSPS) is 10.9. The number of unbranched alkanes of at least 4 members (excludes halogenated alkanes) is 2. The molecule has 2 aromatic rings. The van der Waals surface area contributed by atoms with Crippen LogP contribution in [0.2, 0.25) is 0 Å². The molecule has 0 heterocycles. The van der Waals surface area contributed by atoms with E-state index in [4.69, 9.17) is 9.47 Å². The van der Waals surface area contributed by atoms with Gasteiger partial charge in [-0.05, 0) is 60.7 Å². The van der Waals surface area contributed by atoms with Gasteiger partial charge in [-0.15, -0.1) is 0 Å². The van der Waals surface area contributed by atoms with Crippen LogP contribution in [0.4, 0.5) is 0 Å². The second kappa shape index (κ2) is 9.04. The topological polar surface area (TPSA) is 18.5 Å². The Hall–Kier alpha value is -1.22. The first-order chi connectivity index (χ1) is 10.8. The van der Waals surface area contributed by atoms with Crippen molar-refractivity contribution >= 4 is 26.7 Å². The molecule has 120 valence electrons. The molecule has 0 N–H and O–H groups in total. The van der Waals surface area contributed by atoms with Gasteiger partial charge in [0.2, 0.25) is 0 Å². The molecule has 0 aromatic heterocycles. The molecule has 0 atom stereocenters. The zero-order chi connectivity index (χ0) is 15.8. The Morgan fingerprint density at radius 1 is 0.955 bits per heavy atom. The van der Waals surface area contributed by atoms with Gasteiger partial charge in [-0.25, -0.2) is 0 Å². The van der Waals surface area contributed by atoms with E-state index in [1.165, 1.54) is 16.3 Å². The highest BCUT2D eigenvalue weighted by Crippen LogP contribution is 2.30. The van der Waals surface area contributed by atoms with Crippen molar-refractivity contribution in [3.63, 3.8) is 0 Å². The van der Waals surface area contributed by atoms with Gasteiger partial charge >= 0.3 is 0 Å². The van der Waals surface area contributed by atoms with Gasteiger partial charge in [-0.1, -0.05) is 41.4 Å². The van der Waals surface area contributed by atoms with Crippen LogP contribution < -0.4 is 9.47 Å². The Morgan fingerprint density at radius 2 is 1.77 bits per heavy atom. The molecule has 0 saturated heterocycles. The lowest BCUT2D eigenvalue weighted by Gasteiger charge is -2.12. The quantitative estimate of drug-likeness (QED) is 0.408. The van der Waals surface area contributed by atoms with Crippen LogP contribution >= 0.6 is 15.9 Å². The average Bonchev–Trinajstić information content (AvgIpc) is 2.54. The predicted molar refractivity (Wildman–Crippen MR) is 97.6 cm³/mol. The molecule has 0 aliphatic rings. The van der Waals surface area contributed by atoms with E-state index in [0.717, 1.165) is 55.7 Å². The lowest BCUT2D eigenvalue weighted by Crippen LogP contribution is -2.00. The number of rotatable bonds is 9. The van der Waals surface area contributed by atoms with E-state index in [-0.39, 0.29) is 0 Å². The van der Waals surface area contributed by atoms with Crippen LogP contribution in [0, 0.1) is 6.92 Å². The van der Waals surface area contributed by atoms with Crippen LogP contribution in [-0.2, 0) is 0 Å². The molecule has 0 bridgehead atoms. The summed E-state index contributed by atoms with van der Waals surface area (Å²) in [4.78, 5) is 0. The third-order valence-electron chi connectivity index (χ3n) is 3.76. The number of hydrogen-bond acceptors (Lipinski definition) is 2. The van der Waals surface area contributed by atoms with Crippen molar-refractivity contribution in [3.8, 4) is 11.5 Å². The van der Waals surface area contributed by atoms with Crippen LogP contribution in [0.3, 0.4) is 0 Å². The first-order valence-electron chi connectivity index (χ1n) is 8.11. The van der Waals surface area contributed by atoms with E-state index < -0.39 is 0 Å². The molecular formula is C19H25BrO2. The van der Waals surface area contributed by atoms with E-state index in [1.807, 2.05) is 0 Å². The predicted octanol–water partition coefficient (Wildman–Crippen LogP) is 5.88. The molecule has 0 aliphatic carbocycles. The summed E-state index contributed by atoms with van der Waals surface area (Å²) in [7, 11) is 0. The van der Waals surface area contributed by atoms with Gasteiger partial charge in [0.15, 0.2) is 0 Å². The van der Waals surface area contributed by atoms with E-state index in [0.29, 0.717) is 0 Å². The molecule has 2 rings (SSSR count). The Labute approximate surface area is 141 Å². The maximum atomic E-state index is 5.90. The van der Waals surface area contributed by atoms with Gasteiger partial charge in [0.25, 0.3) is 0 Å².